The van der Waals surface area contributed by atoms with Crippen molar-refractivity contribution < 1.29 is 15.3 Å². The molecule has 0 saturated heterocycles. The van der Waals surface area contributed by atoms with Gasteiger partial charge in [-0.25, -0.2) is 0 Å². The zero-order chi connectivity index (χ0) is 17.9. The number of hydrogen-bond donors (Lipinski definition) is 3. The predicted octanol–water partition coefficient (Wildman–Crippen LogP) is 3.67. The molecule has 0 aromatic heterocycles. The third kappa shape index (κ3) is 2.41. The van der Waals surface area contributed by atoms with Gasteiger partial charge >= 0.3 is 0 Å². The highest BCUT2D eigenvalue weighted by atomic mass is 16.3. The van der Waals surface area contributed by atoms with Crippen LogP contribution in [0.1, 0.15) is 71.6 Å². The maximum absolute atomic E-state index is 11.9. The van der Waals surface area contributed by atoms with Gasteiger partial charge < -0.3 is 15.3 Å². The summed E-state index contributed by atoms with van der Waals surface area (Å²) in [6.45, 7) is 4.87. The number of allylic oxidation sites excluding steroid dienone is 1. The molecule has 0 aromatic carbocycles. The summed E-state index contributed by atoms with van der Waals surface area (Å²) in [5.74, 6) is 2.05. The van der Waals surface area contributed by atoms with Crippen molar-refractivity contribution in [3.05, 3.63) is 12.2 Å². The Bertz CT molecular complexity index is 545. The molecule has 25 heavy (non-hydrogen) atoms. The summed E-state index contributed by atoms with van der Waals surface area (Å²) < 4.78 is 0. The van der Waals surface area contributed by atoms with Crippen LogP contribution in [0.15, 0.2) is 12.2 Å². The van der Waals surface area contributed by atoms with Crippen molar-refractivity contribution in [2.75, 3.05) is 6.61 Å². The first-order chi connectivity index (χ1) is 11.8. The Morgan fingerprint density at radius 1 is 0.960 bits per heavy atom. The lowest BCUT2D eigenvalue weighted by atomic mass is 9.43. The second kappa shape index (κ2) is 6.07. The van der Waals surface area contributed by atoms with Gasteiger partial charge in [0, 0.05) is 5.41 Å². The zero-order valence-corrected chi connectivity index (χ0v) is 16.0. The van der Waals surface area contributed by atoms with Crippen LogP contribution >= 0.6 is 0 Å². The third-order valence-electron chi connectivity index (χ3n) is 9.37. The van der Waals surface area contributed by atoms with E-state index in [2.05, 4.69) is 19.9 Å². The molecule has 0 bridgehead atoms. The molecule has 3 N–H and O–H groups in total. The van der Waals surface area contributed by atoms with E-state index in [1.807, 2.05) is 6.08 Å². The van der Waals surface area contributed by atoms with Gasteiger partial charge in [-0.1, -0.05) is 26.0 Å². The first-order valence-electron chi connectivity index (χ1n) is 10.5. The molecule has 8 atom stereocenters. The summed E-state index contributed by atoms with van der Waals surface area (Å²) in [5, 5.41) is 31.3. The molecule has 3 heteroatoms. The summed E-state index contributed by atoms with van der Waals surface area (Å²) in [4.78, 5) is 0. The molecule has 0 amide bonds. The van der Waals surface area contributed by atoms with Gasteiger partial charge in [-0.3, -0.25) is 0 Å². The highest BCUT2D eigenvalue weighted by Crippen LogP contribution is 2.69. The standard InChI is InChI=1S/C22H36O3/c1-20-10-8-17(24)14-16(20)5-6-19-18(20)9-11-21(2)15(4-3-13-23)7-12-22(19,21)25/h3-4,15-19,23-25H,5-14H2,1-2H3/b4-3+/t15-,16+,17-,18-,19+,20-,21+,22-/m0/s1. The van der Waals surface area contributed by atoms with Gasteiger partial charge in [-0.05, 0) is 86.9 Å². The van der Waals surface area contributed by atoms with E-state index in [-0.39, 0.29) is 18.1 Å². The first-order valence-corrected chi connectivity index (χ1v) is 10.5. The molecule has 142 valence electrons. The van der Waals surface area contributed by atoms with Crippen LogP contribution in [-0.2, 0) is 0 Å². The van der Waals surface area contributed by atoms with Crippen LogP contribution in [0.3, 0.4) is 0 Å². The van der Waals surface area contributed by atoms with Crippen LogP contribution in [0.25, 0.3) is 0 Å². The molecule has 4 saturated carbocycles. The minimum absolute atomic E-state index is 0.0444. The lowest BCUT2D eigenvalue weighted by Gasteiger charge is -2.63. The Balaban J connectivity index is 1.64. The van der Waals surface area contributed by atoms with E-state index in [4.69, 9.17) is 0 Å². The summed E-state index contributed by atoms with van der Waals surface area (Å²) >= 11 is 0. The van der Waals surface area contributed by atoms with Gasteiger partial charge in [-0.15, -0.1) is 0 Å². The fourth-order valence-electron chi connectivity index (χ4n) is 7.78. The van der Waals surface area contributed by atoms with Crippen molar-refractivity contribution in [1.29, 1.82) is 0 Å². The molecule has 0 unspecified atom stereocenters. The normalized spacial score (nSPS) is 55.6. The molecule has 4 aliphatic rings. The summed E-state index contributed by atoms with van der Waals surface area (Å²) in [6, 6.07) is 0. The highest BCUT2D eigenvalue weighted by molar-refractivity contribution is 5.19. The zero-order valence-electron chi connectivity index (χ0n) is 16.0. The predicted molar refractivity (Wildman–Crippen MR) is 98.9 cm³/mol. The second-order valence-electron chi connectivity index (χ2n) is 10.1. The summed E-state index contributed by atoms with van der Waals surface area (Å²) in [5.41, 5.74) is -0.292. The van der Waals surface area contributed by atoms with Crippen LogP contribution in [0.5, 0.6) is 0 Å². The number of aliphatic hydroxyl groups is 3. The Hall–Kier alpha value is -0.380. The van der Waals surface area contributed by atoms with Gasteiger partial charge in [0.05, 0.1) is 18.3 Å². The number of hydrogen-bond acceptors (Lipinski definition) is 3. The molecule has 4 rings (SSSR count). The van der Waals surface area contributed by atoms with E-state index in [1.165, 1.54) is 12.8 Å². The van der Waals surface area contributed by atoms with Crippen LogP contribution in [0, 0.1) is 34.5 Å². The van der Waals surface area contributed by atoms with Crippen molar-refractivity contribution in [2.24, 2.45) is 34.5 Å². The lowest BCUT2D eigenvalue weighted by molar-refractivity contribution is -0.207. The Morgan fingerprint density at radius 2 is 1.76 bits per heavy atom. The van der Waals surface area contributed by atoms with Crippen LogP contribution < -0.4 is 0 Å². The van der Waals surface area contributed by atoms with E-state index < -0.39 is 5.60 Å². The van der Waals surface area contributed by atoms with Crippen molar-refractivity contribution in [2.45, 2.75) is 83.3 Å². The van der Waals surface area contributed by atoms with Crippen molar-refractivity contribution in [3.8, 4) is 0 Å². The summed E-state index contributed by atoms with van der Waals surface area (Å²) in [7, 11) is 0. The van der Waals surface area contributed by atoms with Gasteiger partial charge in [0.2, 0.25) is 0 Å². The molecule has 0 spiro atoms. The summed E-state index contributed by atoms with van der Waals surface area (Å²) in [6.07, 6.45) is 13.5. The Morgan fingerprint density at radius 3 is 2.52 bits per heavy atom. The van der Waals surface area contributed by atoms with E-state index >= 15 is 0 Å². The third-order valence-corrected chi connectivity index (χ3v) is 9.37. The molecular weight excluding hydrogens is 312 g/mol. The van der Waals surface area contributed by atoms with Crippen LogP contribution in [-0.4, -0.2) is 33.6 Å². The highest BCUT2D eigenvalue weighted by Gasteiger charge is 2.66. The molecule has 4 fully saturated rings. The van der Waals surface area contributed by atoms with Gasteiger partial charge in [0.25, 0.3) is 0 Å². The van der Waals surface area contributed by atoms with Gasteiger partial charge in [-0.2, -0.15) is 0 Å². The van der Waals surface area contributed by atoms with Crippen molar-refractivity contribution >= 4 is 0 Å². The number of rotatable bonds is 2. The van der Waals surface area contributed by atoms with E-state index in [0.717, 1.165) is 44.9 Å². The Labute approximate surface area is 152 Å². The first kappa shape index (κ1) is 18.0. The molecular formula is C22H36O3. The maximum atomic E-state index is 11.9. The minimum atomic E-state index is -0.551. The molecule has 0 aliphatic heterocycles. The maximum Gasteiger partial charge on any atom is 0.0737 e. The topological polar surface area (TPSA) is 60.7 Å². The molecule has 4 aliphatic carbocycles. The number of aliphatic hydroxyl groups excluding tert-OH is 2. The van der Waals surface area contributed by atoms with Crippen molar-refractivity contribution in [3.63, 3.8) is 0 Å². The lowest BCUT2D eigenvalue weighted by Crippen LogP contribution is -2.62. The molecule has 0 heterocycles. The van der Waals surface area contributed by atoms with Crippen LogP contribution in [0.2, 0.25) is 0 Å². The molecule has 0 aromatic rings. The fourth-order valence-corrected chi connectivity index (χ4v) is 7.78. The van der Waals surface area contributed by atoms with Crippen LogP contribution in [0.4, 0.5) is 0 Å². The smallest absolute Gasteiger partial charge is 0.0737 e. The Kier molecular flexibility index (Phi) is 4.37. The van der Waals surface area contributed by atoms with E-state index in [1.54, 1.807) is 0 Å². The second-order valence-corrected chi connectivity index (χ2v) is 10.1. The molecule has 3 nitrogen and oxygen atoms in total. The monoisotopic (exact) mass is 348 g/mol. The average molecular weight is 349 g/mol. The van der Waals surface area contributed by atoms with Gasteiger partial charge in [0.15, 0.2) is 0 Å². The average Bonchev–Trinajstić information content (AvgIpc) is 2.85. The molecule has 0 radical (unpaired) electrons. The van der Waals surface area contributed by atoms with E-state index in [0.29, 0.717) is 29.1 Å². The largest absolute Gasteiger partial charge is 0.393 e. The number of fused-ring (bicyclic) bond motifs is 5. The van der Waals surface area contributed by atoms with E-state index in [9.17, 15) is 15.3 Å². The fraction of sp³-hybridized carbons (Fsp3) is 0.909. The quantitative estimate of drug-likeness (QED) is 0.667. The van der Waals surface area contributed by atoms with Gasteiger partial charge in [0.1, 0.15) is 0 Å². The minimum Gasteiger partial charge on any atom is -0.393 e. The van der Waals surface area contributed by atoms with Crippen molar-refractivity contribution in [1.82, 2.24) is 0 Å². The SMILES string of the molecule is C[C@]12CC[C@H](O)C[C@H]1CC[C@@H]1[C@@H]2CC[C@]2(C)[C@@H](/C=C/CO)CC[C@]12O.